The Kier molecular flexibility index (Phi) is 6.31. The van der Waals surface area contributed by atoms with Gasteiger partial charge in [0.2, 0.25) is 0 Å². The Morgan fingerprint density at radius 1 is 1.26 bits per heavy atom. The molecular weight excluding hydrogens is 392 g/mol. The van der Waals surface area contributed by atoms with Crippen molar-refractivity contribution < 1.29 is 19.4 Å². The molecule has 5 heteroatoms. The number of ketones is 1. The summed E-state index contributed by atoms with van der Waals surface area (Å²) in [5.74, 6) is 1.63. The van der Waals surface area contributed by atoms with Gasteiger partial charge in [0.05, 0.1) is 5.60 Å². The molecule has 5 nitrogen and oxygen atoms in total. The zero-order valence-corrected chi connectivity index (χ0v) is 19.8. The van der Waals surface area contributed by atoms with Gasteiger partial charge >= 0.3 is 5.63 Å². The number of rotatable bonds is 5. The highest BCUT2D eigenvalue weighted by atomic mass is 16.4. The van der Waals surface area contributed by atoms with Gasteiger partial charge < -0.3 is 14.6 Å². The van der Waals surface area contributed by atoms with Crippen molar-refractivity contribution in [2.45, 2.75) is 85.7 Å². The standard InChI is InChI=1S/C26H38O5/c1-16-9-12-26(6)18(3)20(27)7-8-22(26)25(16,5)14-13-24(4,30)11-10-19-21(28)15-17(2)31-23(19)29/h10-11,15-16,18,22,28,30H,7-9,12-14H2,1-6H3/b11-10-/t16-,18-,22+,24-,25+,26+/m0/s1. The third-order valence-corrected chi connectivity index (χ3v) is 8.85. The van der Waals surface area contributed by atoms with E-state index in [0.29, 0.717) is 36.2 Å². The average Bonchev–Trinajstić information content (AvgIpc) is 2.67. The first-order valence-electron chi connectivity index (χ1n) is 11.6. The number of aromatic hydroxyl groups is 1. The molecule has 2 fully saturated rings. The maximum atomic E-state index is 12.5. The van der Waals surface area contributed by atoms with E-state index in [2.05, 4.69) is 27.7 Å². The molecule has 6 atom stereocenters. The first-order chi connectivity index (χ1) is 14.3. The van der Waals surface area contributed by atoms with E-state index in [0.717, 1.165) is 25.7 Å². The number of carbonyl (C=O) groups excluding carboxylic acids is 1. The molecule has 0 spiro atoms. The van der Waals surface area contributed by atoms with Gasteiger partial charge in [-0.25, -0.2) is 4.79 Å². The van der Waals surface area contributed by atoms with E-state index in [1.165, 1.54) is 12.1 Å². The lowest BCUT2D eigenvalue weighted by Crippen LogP contribution is -2.55. The van der Waals surface area contributed by atoms with Gasteiger partial charge in [-0.15, -0.1) is 0 Å². The molecule has 172 valence electrons. The third-order valence-electron chi connectivity index (χ3n) is 8.85. The zero-order chi connectivity index (χ0) is 23.2. The minimum Gasteiger partial charge on any atom is -0.507 e. The van der Waals surface area contributed by atoms with E-state index in [-0.39, 0.29) is 28.1 Å². The number of Topliss-reactive ketones (excluding diaryl/α,β-unsaturated/α-hetero) is 1. The van der Waals surface area contributed by atoms with Gasteiger partial charge in [-0.3, -0.25) is 4.79 Å². The first-order valence-corrected chi connectivity index (χ1v) is 11.6. The van der Waals surface area contributed by atoms with Gasteiger partial charge in [-0.1, -0.05) is 33.8 Å². The zero-order valence-electron chi connectivity index (χ0n) is 19.8. The summed E-state index contributed by atoms with van der Waals surface area (Å²) in [6.45, 7) is 12.4. The summed E-state index contributed by atoms with van der Waals surface area (Å²) in [6, 6.07) is 1.40. The average molecular weight is 431 g/mol. The largest absolute Gasteiger partial charge is 0.507 e. The van der Waals surface area contributed by atoms with Crippen LogP contribution in [-0.2, 0) is 4.79 Å². The Bertz CT molecular complexity index is 926. The van der Waals surface area contributed by atoms with Gasteiger partial charge in [-0.2, -0.15) is 0 Å². The van der Waals surface area contributed by atoms with Crippen molar-refractivity contribution in [2.24, 2.45) is 28.6 Å². The second-order valence-corrected chi connectivity index (χ2v) is 10.9. The van der Waals surface area contributed by atoms with Crippen LogP contribution in [0, 0.1) is 35.5 Å². The highest BCUT2D eigenvalue weighted by molar-refractivity contribution is 5.82. The lowest BCUT2D eigenvalue weighted by atomic mass is 9.44. The lowest BCUT2D eigenvalue weighted by Gasteiger charge is -2.60. The Hall–Kier alpha value is -1.88. The van der Waals surface area contributed by atoms with Crippen LogP contribution in [0.4, 0.5) is 0 Å². The maximum absolute atomic E-state index is 12.5. The molecule has 0 bridgehead atoms. The van der Waals surface area contributed by atoms with Crippen LogP contribution in [0.2, 0.25) is 0 Å². The summed E-state index contributed by atoms with van der Waals surface area (Å²) in [7, 11) is 0. The highest BCUT2D eigenvalue weighted by Gasteiger charge is 2.56. The molecule has 1 aromatic heterocycles. The van der Waals surface area contributed by atoms with Crippen molar-refractivity contribution in [3.05, 3.63) is 33.9 Å². The molecule has 0 aliphatic heterocycles. The van der Waals surface area contributed by atoms with Crippen molar-refractivity contribution in [3.8, 4) is 5.75 Å². The highest BCUT2D eigenvalue weighted by Crippen LogP contribution is 2.62. The van der Waals surface area contributed by atoms with E-state index in [4.69, 9.17) is 4.42 Å². The topological polar surface area (TPSA) is 87.7 Å². The minimum atomic E-state index is -1.13. The van der Waals surface area contributed by atoms with Crippen molar-refractivity contribution >= 4 is 11.9 Å². The third kappa shape index (κ3) is 4.39. The Labute approximate surface area is 185 Å². The van der Waals surface area contributed by atoms with Gasteiger partial charge in [0.1, 0.15) is 22.9 Å². The Morgan fingerprint density at radius 2 is 1.94 bits per heavy atom. The molecule has 0 unspecified atom stereocenters. The molecule has 0 amide bonds. The number of hydrogen-bond acceptors (Lipinski definition) is 5. The number of carbonyl (C=O) groups is 1. The molecule has 31 heavy (non-hydrogen) atoms. The Morgan fingerprint density at radius 3 is 2.58 bits per heavy atom. The molecular formula is C26H38O5. The van der Waals surface area contributed by atoms with Crippen LogP contribution < -0.4 is 5.63 Å². The summed E-state index contributed by atoms with van der Waals surface area (Å²) in [4.78, 5) is 24.5. The Balaban J connectivity index is 1.79. The van der Waals surface area contributed by atoms with E-state index in [1.54, 1.807) is 19.9 Å². The van der Waals surface area contributed by atoms with Crippen LogP contribution in [-0.4, -0.2) is 21.6 Å². The van der Waals surface area contributed by atoms with Gasteiger partial charge in [0.25, 0.3) is 0 Å². The number of aryl methyl sites for hydroxylation is 1. The van der Waals surface area contributed by atoms with Crippen LogP contribution in [0.5, 0.6) is 5.75 Å². The SMILES string of the molecule is Cc1cc(O)c(/C=C\[C@](C)(O)CC[C@@]2(C)[C@H]3CCC(=O)[C@H](C)[C@@]3(C)CC[C@@H]2C)c(=O)o1. The van der Waals surface area contributed by atoms with Gasteiger partial charge in [0.15, 0.2) is 0 Å². The summed E-state index contributed by atoms with van der Waals surface area (Å²) >= 11 is 0. The van der Waals surface area contributed by atoms with Crippen LogP contribution in [0.15, 0.2) is 21.4 Å². The summed E-state index contributed by atoms with van der Waals surface area (Å²) in [5.41, 5.74) is -1.64. The predicted octanol–water partition coefficient (Wildman–Crippen LogP) is 5.26. The maximum Gasteiger partial charge on any atom is 0.346 e. The summed E-state index contributed by atoms with van der Waals surface area (Å²) < 4.78 is 5.05. The summed E-state index contributed by atoms with van der Waals surface area (Å²) in [6.07, 6.45) is 8.17. The molecule has 0 aromatic carbocycles. The van der Waals surface area contributed by atoms with E-state index in [1.807, 2.05) is 0 Å². The fourth-order valence-electron chi connectivity index (χ4n) is 6.22. The predicted molar refractivity (Wildman–Crippen MR) is 122 cm³/mol. The second kappa shape index (κ2) is 8.23. The minimum absolute atomic E-state index is 0.0188. The molecule has 0 radical (unpaired) electrons. The van der Waals surface area contributed by atoms with Crippen molar-refractivity contribution in [3.63, 3.8) is 0 Å². The normalized spacial score (nSPS) is 35.7. The van der Waals surface area contributed by atoms with Crippen molar-refractivity contribution in [2.75, 3.05) is 0 Å². The van der Waals surface area contributed by atoms with Crippen LogP contribution in [0.3, 0.4) is 0 Å². The van der Waals surface area contributed by atoms with Crippen molar-refractivity contribution in [1.82, 2.24) is 0 Å². The van der Waals surface area contributed by atoms with Crippen LogP contribution >= 0.6 is 0 Å². The molecule has 1 aromatic rings. The molecule has 2 aliphatic carbocycles. The molecule has 2 aliphatic rings. The fraction of sp³-hybridized carbons (Fsp3) is 0.692. The lowest BCUT2D eigenvalue weighted by molar-refractivity contribution is -0.149. The van der Waals surface area contributed by atoms with Crippen molar-refractivity contribution in [1.29, 1.82) is 0 Å². The fourth-order valence-corrected chi connectivity index (χ4v) is 6.22. The number of aliphatic hydroxyl groups is 1. The smallest absolute Gasteiger partial charge is 0.346 e. The molecule has 3 rings (SSSR count). The van der Waals surface area contributed by atoms with Crippen LogP contribution in [0.25, 0.3) is 6.08 Å². The van der Waals surface area contributed by atoms with Gasteiger partial charge in [-0.05, 0) is 74.7 Å². The first kappa shape index (κ1) is 23.8. The molecule has 2 saturated carbocycles. The second-order valence-electron chi connectivity index (χ2n) is 10.9. The summed E-state index contributed by atoms with van der Waals surface area (Å²) in [5, 5.41) is 21.1. The van der Waals surface area contributed by atoms with E-state index < -0.39 is 11.2 Å². The monoisotopic (exact) mass is 430 g/mol. The quantitative estimate of drug-likeness (QED) is 0.666. The van der Waals surface area contributed by atoms with Crippen LogP contribution in [0.1, 0.15) is 84.5 Å². The van der Waals surface area contributed by atoms with E-state index in [9.17, 15) is 19.8 Å². The number of hydrogen-bond donors (Lipinski definition) is 2. The molecule has 1 heterocycles. The van der Waals surface area contributed by atoms with E-state index >= 15 is 0 Å². The number of fused-ring (bicyclic) bond motifs is 1. The molecule has 2 N–H and O–H groups in total. The molecule has 0 saturated heterocycles. The van der Waals surface area contributed by atoms with Gasteiger partial charge in [0, 0.05) is 18.4 Å².